The van der Waals surface area contributed by atoms with Gasteiger partial charge in [-0.2, -0.15) is 0 Å². The summed E-state index contributed by atoms with van der Waals surface area (Å²) in [4.78, 5) is 4.27. The van der Waals surface area contributed by atoms with Gasteiger partial charge in [0, 0.05) is 25.1 Å². The fourth-order valence-electron chi connectivity index (χ4n) is 5.23. The molecule has 1 N–H and O–H groups in total. The maximum absolute atomic E-state index is 13.7. The van der Waals surface area contributed by atoms with Gasteiger partial charge in [0.05, 0.1) is 20.3 Å². The molecule has 200 valence electrons. The lowest BCUT2D eigenvalue weighted by Crippen LogP contribution is -2.48. The molecule has 0 aliphatic heterocycles. The van der Waals surface area contributed by atoms with Crippen LogP contribution in [0.5, 0.6) is 11.5 Å². The molecule has 11 heteroatoms. The van der Waals surface area contributed by atoms with Gasteiger partial charge in [0.2, 0.25) is 16.0 Å². The number of hydrogen-bond acceptors (Lipinski definition) is 8. The molecule has 1 aromatic carbocycles. The van der Waals surface area contributed by atoms with Crippen molar-refractivity contribution in [2.24, 2.45) is 11.3 Å². The number of nitrogens with one attached hydrogen (secondary N) is 1. The average molecular weight is 530 g/mol. The molecule has 1 aliphatic rings. The number of para-hydroxylation sites is 1. The molecule has 0 amide bonds. The number of nitrogens with zero attached hydrogens (tertiary/aromatic N) is 4. The standard InChI is InChI=1S/C26H35N5O5S/c1-16-11-18(15-27-14-16)24-28-29-25(31(24)22-20(34-5)9-8-10-21(22)35-6)30-37(32,33)17(2)23(36-7)19-12-26(3,4)13-19/h8-11,14-15,17,19,23H,12-13H2,1-7H3,(H,29,30)/t17-,23-/m0/s1. The molecule has 2 aromatic heterocycles. The number of hydrogen-bond donors (Lipinski definition) is 1. The Bertz CT molecular complexity index is 1340. The molecular weight excluding hydrogens is 494 g/mol. The van der Waals surface area contributed by atoms with Gasteiger partial charge in [-0.25, -0.2) is 8.42 Å². The van der Waals surface area contributed by atoms with E-state index in [-0.39, 0.29) is 17.3 Å². The van der Waals surface area contributed by atoms with Gasteiger partial charge in [-0.1, -0.05) is 19.9 Å². The Morgan fingerprint density at radius 3 is 2.27 bits per heavy atom. The first-order valence-corrected chi connectivity index (χ1v) is 13.7. The second-order valence-electron chi connectivity index (χ2n) is 10.3. The number of sulfonamides is 1. The van der Waals surface area contributed by atoms with Crippen molar-refractivity contribution in [1.29, 1.82) is 0 Å². The highest BCUT2D eigenvalue weighted by atomic mass is 32.2. The summed E-state index contributed by atoms with van der Waals surface area (Å²) in [7, 11) is 0.704. The van der Waals surface area contributed by atoms with E-state index in [9.17, 15) is 8.42 Å². The molecule has 2 heterocycles. The average Bonchev–Trinajstić information content (AvgIpc) is 3.24. The van der Waals surface area contributed by atoms with Gasteiger partial charge in [-0.15, -0.1) is 10.2 Å². The van der Waals surface area contributed by atoms with Crippen molar-refractivity contribution in [2.45, 2.75) is 51.9 Å². The molecule has 1 saturated carbocycles. The van der Waals surface area contributed by atoms with Crippen LogP contribution >= 0.6 is 0 Å². The predicted molar refractivity (Wildman–Crippen MR) is 142 cm³/mol. The Balaban J connectivity index is 1.80. The SMILES string of the molecule is COc1cccc(OC)c1-n1c(NS(=O)(=O)[C@@H](C)[C@H](OC)C2CC(C)(C)C2)nnc1-c1cncc(C)c1. The predicted octanol–water partition coefficient (Wildman–Crippen LogP) is 4.24. The molecule has 1 aliphatic carbocycles. The number of rotatable bonds is 10. The number of ether oxygens (including phenoxy) is 3. The smallest absolute Gasteiger partial charge is 0.243 e. The zero-order valence-corrected chi connectivity index (χ0v) is 23.2. The highest BCUT2D eigenvalue weighted by molar-refractivity contribution is 7.93. The zero-order valence-electron chi connectivity index (χ0n) is 22.3. The summed E-state index contributed by atoms with van der Waals surface area (Å²) in [5.41, 5.74) is 2.23. The van der Waals surface area contributed by atoms with Crippen molar-refractivity contribution in [1.82, 2.24) is 19.7 Å². The number of methoxy groups -OCH3 is 3. The van der Waals surface area contributed by atoms with Crippen molar-refractivity contribution in [2.75, 3.05) is 26.1 Å². The second kappa shape index (κ2) is 10.3. The van der Waals surface area contributed by atoms with E-state index >= 15 is 0 Å². The van der Waals surface area contributed by atoms with Crippen LogP contribution in [-0.2, 0) is 14.8 Å². The third kappa shape index (κ3) is 5.28. The molecule has 0 radical (unpaired) electrons. The van der Waals surface area contributed by atoms with Crippen LogP contribution in [0, 0.1) is 18.3 Å². The molecule has 4 rings (SSSR count). The molecule has 0 bridgehead atoms. The minimum absolute atomic E-state index is 0.00921. The van der Waals surface area contributed by atoms with E-state index in [1.807, 2.05) is 13.0 Å². The molecular formula is C26H35N5O5S. The van der Waals surface area contributed by atoms with Crippen molar-refractivity contribution >= 4 is 16.0 Å². The van der Waals surface area contributed by atoms with Crippen LogP contribution in [0.1, 0.15) is 39.2 Å². The van der Waals surface area contributed by atoms with E-state index < -0.39 is 21.4 Å². The topological polar surface area (TPSA) is 117 Å². The summed E-state index contributed by atoms with van der Waals surface area (Å²) in [6.07, 6.45) is 4.74. The Morgan fingerprint density at radius 1 is 1.08 bits per heavy atom. The third-order valence-corrected chi connectivity index (χ3v) is 8.69. The lowest BCUT2D eigenvalue weighted by molar-refractivity contribution is -0.0367. The molecule has 2 atom stereocenters. The van der Waals surface area contributed by atoms with Gasteiger partial charge < -0.3 is 14.2 Å². The number of benzene rings is 1. The molecule has 37 heavy (non-hydrogen) atoms. The fraction of sp³-hybridized carbons (Fsp3) is 0.500. The van der Waals surface area contributed by atoms with Crippen molar-refractivity contribution in [3.05, 3.63) is 42.2 Å². The first-order chi connectivity index (χ1) is 17.5. The monoisotopic (exact) mass is 529 g/mol. The lowest BCUT2D eigenvalue weighted by atomic mass is 9.62. The van der Waals surface area contributed by atoms with Crippen LogP contribution in [0.2, 0.25) is 0 Å². The highest BCUT2D eigenvalue weighted by Crippen LogP contribution is 2.48. The normalized spacial score (nSPS) is 17.1. The van der Waals surface area contributed by atoms with E-state index in [1.54, 1.807) is 49.2 Å². The Hall–Kier alpha value is -3.18. The van der Waals surface area contributed by atoms with Gasteiger partial charge in [0.1, 0.15) is 22.4 Å². The summed E-state index contributed by atoms with van der Waals surface area (Å²) in [6, 6.07) is 7.21. The van der Waals surface area contributed by atoms with Crippen LogP contribution in [-0.4, -0.2) is 60.8 Å². The number of aromatic nitrogens is 4. The summed E-state index contributed by atoms with van der Waals surface area (Å²) >= 11 is 0. The lowest BCUT2D eigenvalue weighted by Gasteiger charge is -2.47. The van der Waals surface area contributed by atoms with Gasteiger partial charge >= 0.3 is 0 Å². The van der Waals surface area contributed by atoms with E-state index in [0.29, 0.717) is 28.6 Å². The summed E-state index contributed by atoms with van der Waals surface area (Å²) in [6.45, 7) is 7.94. The van der Waals surface area contributed by atoms with E-state index in [4.69, 9.17) is 14.2 Å². The molecule has 3 aromatic rings. The highest BCUT2D eigenvalue weighted by Gasteiger charge is 2.45. The molecule has 1 fully saturated rings. The van der Waals surface area contributed by atoms with Crippen LogP contribution in [0.3, 0.4) is 0 Å². The van der Waals surface area contributed by atoms with Gasteiger partial charge in [0.25, 0.3) is 0 Å². The van der Waals surface area contributed by atoms with Crippen LogP contribution in [0.4, 0.5) is 5.95 Å². The maximum atomic E-state index is 13.7. The summed E-state index contributed by atoms with van der Waals surface area (Å²) in [5, 5.41) is 7.77. The summed E-state index contributed by atoms with van der Waals surface area (Å²) < 4.78 is 48.5. The fourth-order valence-corrected chi connectivity index (χ4v) is 6.49. The Labute approximate surface area is 218 Å². The zero-order chi connectivity index (χ0) is 27.0. The molecule has 0 unspecified atom stereocenters. The van der Waals surface area contributed by atoms with E-state index in [1.165, 1.54) is 14.2 Å². The van der Waals surface area contributed by atoms with Gasteiger partial charge in [-0.05, 0) is 61.8 Å². The minimum atomic E-state index is -3.93. The number of pyridine rings is 1. The van der Waals surface area contributed by atoms with Gasteiger partial charge in [0.15, 0.2) is 5.82 Å². The summed E-state index contributed by atoms with van der Waals surface area (Å²) in [5.74, 6) is 1.47. The van der Waals surface area contributed by atoms with E-state index in [0.717, 1.165) is 18.4 Å². The third-order valence-electron chi connectivity index (χ3n) is 6.97. The minimum Gasteiger partial charge on any atom is -0.494 e. The first kappa shape index (κ1) is 26.9. The van der Waals surface area contributed by atoms with E-state index in [2.05, 4.69) is 33.8 Å². The number of anilines is 1. The van der Waals surface area contributed by atoms with Crippen molar-refractivity contribution in [3.63, 3.8) is 0 Å². The molecule has 0 saturated heterocycles. The van der Waals surface area contributed by atoms with Crippen LogP contribution in [0.25, 0.3) is 17.1 Å². The quantitative estimate of drug-likeness (QED) is 0.415. The van der Waals surface area contributed by atoms with Gasteiger partial charge in [-0.3, -0.25) is 14.3 Å². The Morgan fingerprint density at radius 2 is 1.73 bits per heavy atom. The second-order valence-corrected chi connectivity index (χ2v) is 12.4. The largest absolute Gasteiger partial charge is 0.494 e. The first-order valence-electron chi connectivity index (χ1n) is 12.1. The van der Waals surface area contributed by atoms with Crippen LogP contribution in [0.15, 0.2) is 36.7 Å². The van der Waals surface area contributed by atoms with Crippen LogP contribution < -0.4 is 14.2 Å². The Kier molecular flexibility index (Phi) is 7.48. The number of aryl methyl sites for hydroxylation is 1. The maximum Gasteiger partial charge on any atom is 0.243 e. The van der Waals surface area contributed by atoms with Crippen molar-refractivity contribution in [3.8, 4) is 28.6 Å². The molecule has 0 spiro atoms. The molecule has 10 nitrogen and oxygen atoms in total. The van der Waals surface area contributed by atoms with Crippen molar-refractivity contribution < 1.29 is 22.6 Å².